The summed E-state index contributed by atoms with van der Waals surface area (Å²) < 4.78 is 15.1. The first-order valence-electron chi connectivity index (χ1n) is 15.4. The van der Waals surface area contributed by atoms with Gasteiger partial charge in [0.1, 0.15) is 11.3 Å². The van der Waals surface area contributed by atoms with Gasteiger partial charge in [-0.25, -0.2) is 9.59 Å². The SMILES string of the molecule is CCCCCCCCC#Cc1ccc(CN(Cc2ccc(OCC(=O)OC)c(C(=O)OC)c2)C(=O)/C=C/c2ccccc2)cc1. The maximum absolute atomic E-state index is 13.5. The smallest absolute Gasteiger partial charge is 0.343 e. The van der Waals surface area contributed by atoms with E-state index in [1.54, 1.807) is 35.3 Å². The molecule has 0 saturated heterocycles. The molecular formula is C38H43NO6. The van der Waals surface area contributed by atoms with E-state index in [9.17, 15) is 14.4 Å². The number of unbranched alkanes of at least 4 members (excludes halogenated alkanes) is 6. The Morgan fingerprint density at radius 1 is 0.800 bits per heavy atom. The van der Waals surface area contributed by atoms with Crippen molar-refractivity contribution in [2.45, 2.75) is 65.0 Å². The third kappa shape index (κ3) is 12.4. The lowest BCUT2D eigenvalue weighted by molar-refractivity contribution is -0.143. The molecule has 45 heavy (non-hydrogen) atoms. The molecule has 0 spiro atoms. The summed E-state index contributed by atoms with van der Waals surface area (Å²) in [7, 11) is 2.53. The van der Waals surface area contributed by atoms with Crippen molar-refractivity contribution in [2.75, 3.05) is 20.8 Å². The molecule has 0 bridgehead atoms. The Morgan fingerprint density at radius 2 is 1.49 bits per heavy atom. The first-order chi connectivity index (χ1) is 21.9. The first-order valence-corrected chi connectivity index (χ1v) is 15.4. The Hall–Kier alpha value is -4.83. The number of methoxy groups -OCH3 is 2. The van der Waals surface area contributed by atoms with Crippen molar-refractivity contribution in [1.82, 2.24) is 4.90 Å². The van der Waals surface area contributed by atoms with Crippen LogP contribution in [0.3, 0.4) is 0 Å². The fourth-order valence-corrected chi connectivity index (χ4v) is 4.61. The van der Waals surface area contributed by atoms with Crippen LogP contribution >= 0.6 is 0 Å². The second-order valence-corrected chi connectivity index (χ2v) is 10.6. The van der Waals surface area contributed by atoms with Gasteiger partial charge in [-0.2, -0.15) is 0 Å². The van der Waals surface area contributed by atoms with Crippen LogP contribution in [-0.2, 0) is 32.2 Å². The van der Waals surface area contributed by atoms with E-state index in [2.05, 4.69) is 23.5 Å². The summed E-state index contributed by atoms with van der Waals surface area (Å²) in [6.45, 7) is 2.44. The molecule has 0 unspecified atom stereocenters. The zero-order chi connectivity index (χ0) is 32.3. The topological polar surface area (TPSA) is 82.1 Å². The molecular weight excluding hydrogens is 566 g/mol. The lowest BCUT2D eigenvalue weighted by Crippen LogP contribution is -2.28. The lowest BCUT2D eigenvalue weighted by atomic mass is 10.1. The number of carbonyl (C=O) groups is 3. The molecule has 236 valence electrons. The minimum absolute atomic E-state index is 0.148. The summed E-state index contributed by atoms with van der Waals surface area (Å²) in [5.41, 5.74) is 3.64. The van der Waals surface area contributed by atoms with Crippen LogP contribution in [0.2, 0.25) is 0 Å². The van der Waals surface area contributed by atoms with Gasteiger partial charge in [0.15, 0.2) is 6.61 Å². The highest BCUT2D eigenvalue weighted by molar-refractivity contribution is 5.93. The molecule has 1 amide bonds. The zero-order valence-corrected chi connectivity index (χ0v) is 26.6. The summed E-state index contributed by atoms with van der Waals surface area (Å²) in [6, 6.07) is 22.5. The van der Waals surface area contributed by atoms with Crippen LogP contribution in [-0.4, -0.2) is 43.6 Å². The zero-order valence-electron chi connectivity index (χ0n) is 26.6. The predicted molar refractivity (Wildman–Crippen MR) is 176 cm³/mol. The van der Waals surface area contributed by atoms with Gasteiger partial charge in [0.2, 0.25) is 5.91 Å². The summed E-state index contributed by atoms with van der Waals surface area (Å²) in [5.74, 6) is 5.33. The molecule has 0 aliphatic heterocycles. The Morgan fingerprint density at radius 3 is 2.20 bits per heavy atom. The molecule has 3 aromatic rings. The minimum atomic E-state index is -0.619. The largest absolute Gasteiger partial charge is 0.481 e. The van der Waals surface area contributed by atoms with Crippen LogP contribution in [0.25, 0.3) is 6.08 Å². The molecule has 0 aliphatic carbocycles. The Bertz CT molecular complexity index is 1470. The lowest BCUT2D eigenvalue weighted by Gasteiger charge is -2.22. The van der Waals surface area contributed by atoms with Crippen molar-refractivity contribution >= 4 is 23.9 Å². The molecule has 7 nitrogen and oxygen atoms in total. The van der Waals surface area contributed by atoms with E-state index in [-0.39, 0.29) is 30.4 Å². The standard InChI is InChI=1S/C38H43NO6/c1-4-5-6-7-8-9-10-12-17-31-18-20-32(21-19-31)27-39(36(40)25-23-30-15-13-11-14-16-30)28-33-22-24-35(45-29-37(41)43-2)34(26-33)38(42)44-3/h11,13-16,18-26H,4-10,27-29H2,1-3H3/b25-23+. The van der Waals surface area contributed by atoms with Gasteiger partial charge in [-0.3, -0.25) is 4.79 Å². The molecule has 0 N–H and O–H groups in total. The first kappa shape index (κ1) is 34.7. The predicted octanol–water partition coefficient (Wildman–Crippen LogP) is 7.37. The Labute approximate surface area is 267 Å². The van der Waals surface area contributed by atoms with E-state index in [0.29, 0.717) is 12.1 Å². The molecule has 0 heterocycles. The third-order valence-electron chi connectivity index (χ3n) is 7.14. The van der Waals surface area contributed by atoms with Gasteiger partial charge in [0.05, 0.1) is 14.2 Å². The number of rotatable bonds is 16. The number of esters is 2. The quantitative estimate of drug-likeness (QED) is 0.0730. The van der Waals surface area contributed by atoms with Crippen LogP contribution < -0.4 is 4.74 Å². The number of hydrogen-bond donors (Lipinski definition) is 0. The van der Waals surface area contributed by atoms with Crippen molar-refractivity contribution in [3.8, 4) is 17.6 Å². The van der Waals surface area contributed by atoms with E-state index >= 15 is 0 Å². The summed E-state index contributed by atoms with van der Waals surface area (Å²) in [4.78, 5) is 39.3. The van der Waals surface area contributed by atoms with Crippen LogP contribution in [0.15, 0.2) is 78.9 Å². The average Bonchev–Trinajstić information content (AvgIpc) is 3.08. The number of hydrogen-bond acceptors (Lipinski definition) is 6. The summed E-state index contributed by atoms with van der Waals surface area (Å²) in [6.07, 6.45) is 11.7. The Balaban J connectivity index is 1.76. The van der Waals surface area contributed by atoms with Crippen molar-refractivity contribution in [3.63, 3.8) is 0 Å². The van der Waals surface area contributed by atoms with Crippen molar-refractivity contribution in [2.24, 2.45) is 0 Å². The van der Waals surface area contributed by atoms with E-state index in [0.717, 1.165) is 29.5 Å². The van der Waals surface area contributed by atoms with E-state index in [4.69, 9.17) is 9.47 Å². The van der Waals surface area contributed by atoms with Gasteiger partial charge < -0.3 is 19.1 Å². The number of amides is 1. The van der Waals surface area contributed by atoms with Crippen LogP contribution in [0.1, 0.15) is 84.5 Å². The van der Waals surface area contributed by atoms with Crippen LogP contribution in [0.4, 0.5) is 0 Å². The number of ether oxygens (including phenoxy) is 3. The maximum Gasteiger partial charge on any atom is 0.343 e. The van der Waals surface area contributed by atoms with Gasteiger partial charge >= 0.3 is 11.9 Å². The molecule has 0 saturated carbocycles. The second kappa shape index (κ2) is 19.4. The van der Waals surface area contributed by atoms with E-state index in [1.807, 2.05) is 54.6 Å². The Kier molecular flexibility index (Phi) is 15.0. The monoisotopic (exact) mass is 609 g/mol. The summed E-state index contributed by atoms with van der Waals surface area (Å²) in [5, 5.41) is 0. The highest BCUT2D eigenvalue weighted by Crippen LogP contribution is 2.23. The normalized spacial score (nSPS) is 10.6. The number of carbonyl (C=O) groups excluding carboxylic acids is 3. The fraction of sp³-hybridized carbons (Fsp3) is 0.342. The van der Waals surface area contributed by atoms with Gasteiger partial charge in [0, 0.05) is 31.1 Å². The third-order valence-corrected chi connectivity index (χ3v) is 7.14. The second-order valence-electron chi connectivity index (χ2n) is 10.6. The van der Waals surface area contributed by atoms with Crippen molar-refractivity contribution in [3.05, 3.63) is 107 Å². The highest BCUT2D eigenvalue weighted by Gasteiger charge is 2.18. The van der Waals surface area contributed by atoms with Gasteiger partial charge in [0.25, 0.3) is 0 Å². The molecule has 7 heteroatoms. The van der Waals surface area contributed by atoms with E-state index in [1.165, 1.54) is 46.3 Å². The summed E-state index contributed by atoms with van der Waals surface area (Å²) >= 11 is 0. The molecule has 0 aromatic heterocycles. The molecule has 0 radical (unpaired) electrons. The van der Waals surface area contributed by atoms with Gasteiger partial charge in [-0.1, -0.05) is 99.4 Å². The molecule has 0 aliphatic rings. The van der Waals surface area contributed by atoms with Crippen LogP contribution in [0.5, 0.6) is 5.75 Å². The van der Waals surface area contributed by atoms with Crippen molar-refractivity contribution < 1.29 is 28.6 Å². The van der Waals surface area contributed by atoms with Gasteiger partial charge in [-0.05, 0) is 53.5 Å². The molecule has 0 atom stereocenters. The molecule has 3 aromatic carbocycles. The van der Waals surface area contributed by atoms with Gasteiger partial charge in [-0.15, -0.1) is 0 Å². The molecule has 0 fully saturated rings. The average molecular weight is 610 g/mol. The minimum Gasteiger partial charge on any atom is -0.481 e. The number of benzene rings is 3. The van der Waals surface area contributed by atoms with Crippen molar-refractivity contribution in [1.29, 1.82) is 0 Å². The number of nitrogens with zero attached hydrogens (tertiary/aromatic N) is 1. The van der Waals surface area contributed by atoms with Crippen LogP contribution in [0, 0.1) is 11.8 Å². The maximum atomic E-state index is 13.5. The van der Waals surface area contributed by atoms with E-state index < -0.39 is 11.9 Å². The fourth-order valence-electron chi connectivity index (χ4n) is 4.61. The highest BCUT2D eigenvalue weighted by atomic mass is 16.6. The molecule has 3 rings (SSSR count).